The quantitative estimate of drug-likeness (QED) is 0.482. The van der Waals surface area contributed by atoms with Gasteiger partial charge < -0.3 is 9.88 Å². The Balaban J connectivity index is 1.71. The maximum atomic E-state index is 13.2. The summed E-state index contributed by atoms with van der Waals surface area (Å²) < 4.78 is 15.5. The van der Waals surface area contributed by atoms with Crippen LogP contribution in [0.5, 0.6) is 0 Å². The van der Waals surface area contributed by atoms with Gasteiger partial charge in [0.2, 0.25) is 0 Å². The molecule has 28 heavy (non-hydrogen) atoms. The molecule has 0 radical (unpaired) electrons. The fourth-order valence-corrected chi connectivity index (χ4v) is 3.59. The average molecular weight is 373 g/mol. The number of aromatic nitrogens is 2. The molecule has 0 saturated heterocycles. The molecule has 0 spiro atoms. The monoisotopic (exact) mass is 373 g/mol. The Hall–Kier alpha value is -3.14. The van der Waals surface area contributed by atoms with Gasteiger partial charge in [-0.3, -0.25) is 0 Å². The molecule has 0 amide bonds. The minimum atomic E-state index is -0.220. The maximum absolute atomic E-state index is 13.2. The topological polar surface area (TPSA) is 29.9 Å². The third-order valence-electron chi connectivity index (χ3n) is 5.38. The number of nitrogens with one attached hydrogen (secondary N) is 1. The second-order valence-corrected chi connectivity index (χ2v) is 7.32. The number of rotatable bonds is 5. The molecule has 2 aromatic heterocycles. The molecule has 4 rings (SSSR count). The SMILES string of the molecule is Cc1ccc(Cn2c(C)c(C)c3ccnc(NCc4ccc(F)cc4)c32)cc1. The Kier molecular flexibility index (Phi) is 4.86. The summed E-state index contributed by atoms with van der Waals surface area (Å²) >= 11 is 0. The molecule has 2 heterocycles. The fraction of sp³-hybridized carbons (Fsp3) is 0.208. The molecular formula is C24H24FN3. The molecule has 0 unspecified atom stereocenters. The predicted molar refractivity (Wildman–Crippen MR) is 113 cm³/mol. The van der Waals surface area contributed by atoms with Crippen molar-refractivity contribution >= 4 is 16.7 Å². The zero-order chi connectivity index (χ0) is 19.7. The third kappa shape index (κ3) is 3.50. The number of benzene rings is 2. The molecule has 0 aliphatic rings. The molecule has 4 heteroatoms. The molecule has 142 valence electrons. The molecule has 2 aromatic carbocycles. The highest BCUT2D eigenvalue weighted by molar-refractivity contribution is 5.93. The summed E-state index contributed by atoms with van der Waals surface area (Å²) in [5, 5.41) is 4.65. The van der Waals surface area contributed by atoms with Crippen molar-refractivity contribution in [2.75, 3.05) is 5.32 Å². The fourth-order valence-electron chi connectivity index (χ4n) is 3.59. The standard InChI is InChI=1S/C24H24FN3/c1-16-4-6-20(7-5-16)15-28-18(3)17(2)22-12-13-26-24(23(22)28)27-14-19-8-10-21(25)11-9-19/h4-13H,14-15H2,1-3H3,(H,26,27). The van der Waals surface area contributed by atoms with E-state index in [2.05, 4.69) is 66.0 Å². The van der Waals surface area contributed by atoms with E-state index in [0.717, 1.165) is 23.4 Å². The van der Waals surface area contributed by atoms with Gasteiger partial charge in [0, 0.05) is 30.4 Å². The zero-order valence-corrected chi connectivity index (χ0v) is 16.5. The summed E-state index contributed by atoms with van der Waals surface area (Å²) in [4.78, 5) is 4.60. The molecule has 1 N–H and O–H groups in total. The number of fused-ring (bicyclic) bond motifs is 1. The van der Waals surface area contributed by atoms with Crippen molar-refractivity contribution in [2.45, 2.75) is 33.9 Å². The minimum Gasteiger partial charge on any atom is -0.364 e. The van der Waals surface area contributed by atoms with E-state index in [1.165, 1.54) is 39.9 Å². The van der Waals surface area contributed by atoms with E-state index >= 15 is 0 Å². The number of anilines is 1. The Bertz CT molecular complexity index is 1110. The van der Waals surface area contributed by atoms with Crippen molar-refractivity contribution in [3.05, 3.63) is 94.6 Å². The van der Waals surface area contributed by atoms with Crippen LogP contribution in [-0.4, -0.2) is 9.55 Å². The first-order valence-corrected chi connectivity index (χ1v) is 9.51. The Labute approximate surface area is 164 Å². The predicted octanol–water partition coefficient (Wildman–Crippen LogP) is 5.76. The second-order valence-electron chi connectivity index (χ2n) is 7.32. The van der Waals surface area contributed by atoms with Gasteiger partial charge in [0.15, 0.2) is 5.82 Å². The normalized spacial score (nSPS) is 11.1. The van der Waals surface area contributed by atoms with Crippen molar-refractivity contribution in [2.24, 2.45) is 0 Å². The van der Waals surface area contributed by atoms with Crippen molar-refractivity contribution < 1.29 is 4.39 Å². The summed E-state index contributed by atoms with van der Waals surface area (Å²) in [5.74, 6) is 0.632. The van der Waals surface area contributed by atoms with Crippen LogP contribution >= 0.6 is 0 Å². The molecule has 0 aliphatic carbocycles. The van der Waals surface area contributed by atoms with Gasteiger partial charge in [0.1, 0.15) is 5.82 Å². The van der Waals surface area contributed by atoms with Gasteiger partial charge in [-0.25, -0.2) is 9.37 Å². The van der Waals surface area contributed by atoms with Gasteiger partial charge in [0.05, 0.1) is 5.52 Å². The maximum Gasteiger partial charge on any atom is 0.150 e. The van der Waals surface area contributed by atoms with E-state index in [0.29, 0.717) is 6.54 Å². The highest BCUT2D eigenvalue weighted by Crippen LogP contribution is 2.30. The van der Waals surface area contributed by atoms with Crippen LogP contribution in [-0.2, 0) is 13.1 Å². The van der Waals surface area contributed by atoms with E-state index in [4.69, 9.17) is 0 Å². The number of nitrogens with zero attached hydrogens (tertiary/aromatic N) is 2. The molecule has 0 saturated carbocycles. The van der Waals surface area contributed by atoms with Crippen LogP contribution in [0.25, 0.3) is 10.9 Å². The molecule has 0 atom stereocenters. The van der Waals surface area contributed by atoms with E-state index in [1.54, 1.807) is 12.1 Å². The summed E-state index contributed by atoms with van der Waals surface area (Å²) in [6, 6.07) is 17.3. The molecule has 4 aromatic rings. The van der Waals surface area contributed by atoms with Crippen LogP contribution in [0.3, 0.4) is 0 Å². The number of hydrogen-bond acceptors (Lipinski definition) is 2. The van der Waals surface area contributed by atoms with Gasteiger partial charge in [-0.05, 0) is 55.7 Å². The number of hydrogen-bond donors (Lipinski definition) is 1. The summed E-state index contributed by atoms with van der Waals surface area (Å²) in [7, 11) is 0. The van der Waals surface area contributed by atoms with Crippen LogP contribution in [0.2, 0.25) is 0 Å². The van der Waals surface area contributed by atoms with Crippen LogP contribution < -0.4 is 5.32 Å². The minimum absolute atomic E-state index is 0.220. The van der Waals surface area contributed by atoms with E-state index < -0.39 is 0 Å². The van der Waals surface area contributed by atoms with Gasteiger partial charge in [-0.15, -0.1) is 0 Å². The smallest absolute Gasteiger partial charge is 0.150 e. The van der Waals surface area contributed by atoms with Gasteiger partial charge in [0.25, 0.3) is 0 Å². The van der Waals surface area contributed by atoms with E-state index in [1.807, 2.05) is 6.20 Å². The number of pyridine rings is 1. The first-order chi connectivity index (χ1) is 13.5. The summed E-state index contributed by atoms with van der Waals surface area (Å²) in [5.41, 5.74) is 7.17. The lowest BCUT2D eigenvalue weighted by molar-refractivity contribution is 0.627. The Morgan fingerprint density at radius 3 is 2.29 bits per heavy atom. The lowest BCUT2D eigenvalue weighted by Gasteiger charge is -2.13. The first kappa shape index (κ1) is 18.2. The van der Waals surface area contributed by atoms with Crippen LogP contribution in [0.15, 0.2) is 60.8 Å². The highest BCUT2D eigenvalue weighted by Gasteiger charge is 2.15. The van der Waals surface area contributed by atoms with Gasteiger partial charge in [-0.1, -0.05) is 42.0 Å². The van der Waals surface area contributed by atoms with Gasteiger partial charge >= 0.3 is 0 Å². The number of halogens is 1. The molecule has 3 nitrogen and oxygen atoms in total. The number of aryl methyl sites for hydroxylation is 2. The Morgan fingerprint density at radius 1 is 0.893 bits per heavy atom. The second kappa shape index (κ2) is 7.47. The average Bonchev–Trinajstić information content (AvgIpc) is 2.95. The van der Waals surface area contributed by atoms with Crippen molar-refractivity contribution in [1.29, 1.82) is 0 Å². The molecule has 0 fully saturated rings. The van der Waals surface area contributed by atoms with Crippen LogP contribution in [0, 0.1) is 26.6 Å². The molecular weight excluding hydrogens is 349 g/mol. The largest absolute Gasteiger partial charge is 0.364 e. The van der Waals surface area contributed by atoms with E-state index in [9.17, 15) is 4.39 Å². The molecule has 0 aliphatic heterocycles. The van der Waals surface area contributed by atoms with Crippen molar-refractivity contribution in [3.63, 3.8) is 0 Å². The van der Waals surface area contributed by atoms with Gasteiger partial charge in [-0.2, -0.15) is 0 Å². The third-order valence-corrected chi connectivity index (χ3v) is 5.38. The van der Waals surface area contributed by atoms with Crippen molar-refractivity contribution in [1.82, 2.24) is 9.55 Å². The highest BCUT2D eigenvalue weighted by atomic mass is 19.1. The lowest BCUT2D eigenvalue weighted by atomic mass is 10.1. The van der Waals surface area contributed by atoms with E-state index in [-0.39, 0.29) is 5.82 Å². The lowest BCUT2D eigenvalue weighted by Crippen LogP contribution is -2.07. The van der Waals surface area contributed by atoms with Crippen LogP contribution in [0.4, 0.5) is 10.2 Å². The molecule has 0 bridgehead atoms. The Morgan fingerprint density at radius 2 is 1.57 bits per heavy atom. The summed E-state index contributed by atoms with van der Waals surface area (Å²) in [6.45, 7) is 7.82. The van der Waals surface area contributed by atoms with Crippen LogP contribution in [0.1, 0.15) is 27.9 Å². The summed E-state index contributed by atoms with van der Waals surface area (Å²) in [6.07, 6.45) is 1.85. The van der Waals surface area contributed by atoms with Crippen molar-refractivity contribution in [3.8, 4) is 0 Å². The zero-order valence-electron chi connectivity index (χ0n) is 16.5. The first-order valence-electron chi connectivity index (χ1n) is 9.51.